The van der Waals surface area contributed by atoms with E-state index in [1.54, 1.807) is 6.92 Å². The summed E-state index contributed by atoms with van der Waals surface area (Å²) in [5, 5.41) is 32.5. The van der Waals surface area contributed by atoms with Crippen LogP contribution in [-0.2, 0) is 4.74 Å². The summed E-state index contributed by atoms with van der Waals surface area (Å²) in [7, 11) is 0. The molecule has 150 valence electrons. The molecular formula is C19H16N2O8. The van der Waals surface area contributed by atoms with Crippen LogP contribution in [0.15, 0.2) is 48.2 Å². The topological polar surface area (TPSA) is 148 Å². The highest BCUT2D eigenvalue weighted by Gasteiger charge is 2.33. The number of nitrogens with zero attached hydrogens (tertiary/aromatic N) is 1. The summed E-state index contributed by atoms with van der Waals surface area (Å²) in [4.78, 5) is 34.2. The lowest BCUT2D eigenvalue weighted by molar-refractivity contribution is -0.384. The Morgan fingerprint density at radius 1 is 1.34 bits per heavy atom. The van der Waals surface area contributed by atoms with Crippen LogP contribution in [0.5, 0.6) is 11.5 Å². The van der Waals surface area contributed by atoms with Gasteiger partial charge in [-0.05, 0) is 25.1 Å². The Kier molecular flexibility index (Phi) is 5.46. The number of nitro benzene ring substituents is 1. The lowest BCUT2D eigenvalue weighted by Crippen LogP contribution is -2.33. The zero-order chi connectivity index (χ0) is 21.1. The number of ketones is 1. The van der Waals surface area contributed by atoms with Gasteiger partial charge in [0.2, 0.25) is 12.1 Å². The quantitative estimate of drug-likeness (QED) is 0.378. The number of fused-ring (bicyclic) bond motifs is 1. The lowest BCUT2D eigenvalue weighted by Gasteiger charge is -2.27. The number of benzene rings is 2. The number of nitro groups is 1. The SMILES string of the molecule is CCOC1Oc2ccc([N+](=O)[O-])cc2C(=O)/C1=C/Nc1ccc(C(=O)O)c(O)c1. The first-order chi connectivity index (χ1) is 13.8. The normalized spacial score (nSPS) is 16.8. The van der Waals surface area contributed by atoms with Gasteiger partial charge in [0.05, 0.1) is 16.1 Å². The number of aromatic carboxylic acids is 1. The van der Waals surface area contributed by atoms with Gasteiger partial charge in [-0.15, -0.1) is 0 Å². The maximum absolute atomic E-state index is 12.9. The van der Waals surface area contributed by atoms with Crippen LogP contribution in [0.2, 0.25) is 0 Å². The van der Waals surface area contributed by atoms with Crippen molar-refractivity contribution in [2.24, 2.45) is 0 Å². The number of carboxylic acid groups (broad SMARTS) is 1. The number of phenols is 1. The second-order valence-corrected chi connectivity index (χ2v) is 5.95. The Balaban J connectivity index is 1.94. The molecule has 0 bridgehead atoms. The molecule has 0 saturated carbocycles. The van der Waals surface area contributed by atoms with Gasteiger partial charge in [-0.3, -0.25) is 14.9 Å². The zero-order valence-electron chi connectivity index (χ0n) is 15.1. The number of ether oxygens (including phenoxy) is 2. The number of hydrogen-bond acceptors (Lipinski definition) is 8. The molecule has 0 spiro atoms. The van der Waals surface area contributed by atoms with Crippen molar-refractivity contribution in [2.45, 2.75) is 13.2 Å². The van der Waals surface area contributed by atoms with Gasteiger partial charge in [-0.25, -0.2) is 4.79 Å². The second kappa shape index (κ2) is 7.98. The van der Waals surface area contributed by atoms with E-state index in [1.165, 1.54) is 36.5 Å². The van der Waals surface area contributed by atoms with Crippen LogP contribution in [0.25, 0.3) is 0 Å². The van der Waals surface area contributed by atoms with Gasteiger partial charge in [-0.2, -0.15) is 0 Å². The van der Waals surface area contributed by atoms with Crippen molar-refractivity contribution in [1.82, 2.24) is 0 Å². The van der Waals surface area contributed by atoms with E-state index in [0.29, 0.717) is 5.69 Å². The van der Waals surface area contributed by atoms with Crippen molar-refractivity contribution in [2.75, 3.05) is 11.9 Å². The number of carboxylic acids is 1. The van der Waals surface area contributed by atoms with Gasteiger partial charge in [0.25, 0.3) is 5.69 Å². The van der Waals surface area contributed by atoms with E-state index >= 15 is 0 Å². The van der Waals surface area contributed by atoms with E-state index < -0.39 is 28.7 Å². The number of carbonyl (C=O) groups excluding carboxylic acids is 1. The van der Waals surface area contributed by atoms with E-state index in [2.05, 4.69) is 5.32 Å². The third-order valence-electron chi connectivity index (χ3n) is 4.11. The maximum Gasteiger partial charge on any atom is 0.339 e. The van der Waals surface area contributed by atoms with Crippen molar-refractivity contribution < 1.29 is 34.2 Å². The molecule has 10 nitrogen and oxygen atoms in total. The molecule has 0 aromatic heterocycles. The van der Waals surface area contributed by atoms with Crippen molar-refractivity contribution in [3.63, 3.8) is 0 Å². The molecule has 1 unspecified atom stereocenters. The molecule has 0 saturated heterocycles. The summed E-state index contributed by atoms with van der Waals surface area (Å²) < 4.78 is 11.1. The minimum Gasteiger partial charge on any atom is -0.507 e. The monoisotopic (exact) mass is 400 g/mol. The molecule has 3 N–H and O–H groups in total. The van der Waals surface area contributed by atoms with E-state index in [1.807, 2.05) is 0 Å². The first kappa shape index (κ1) is 19.8. The lowest BCUT2D eigenvalue weighted by atomic mass is 9.99. The van der Waals surface area contributed by atoms with Crippen molar-refractivity contribution in [3.8, 4) is 11.5 Å². The maximum atomic E-state index is 12.9. The number of non-ortho nitro benzene ring substituents is 1. The molecular weight excluding hydrogens is 384 g/mol. The molecule has 0 fully saturated rings. The molecule has 2 aromatic rings. The van der Waals surface area contributed by atoms with Crippen LogP contribution in [0.4, 0.5) is 11.4 Å². The molecule has 2 aromatic carbocycles. The molecule has 3 rings (SSSR count). The predicted octanol–water partition coefficient (Wildman–Crippen LogP) is 2.93. The predicted molar refractivity (Wildman–Crippen MR) is 100 cm³/mol. The van der Waals surface area contributed by atoms with Crippen LogP contribution in [0.3, 0.4) is 0 Å². The summed E-state index contributed by atoms with van der Waals surface area (Å²) >= 11 is 0. The minimum absolute atomic E-state index is 0.0206. The van der Waals surface area contributed by atoms with E-state index in [4.69, 9.17) is 14.6 Å². The van der Waals surface area contributed by atoms with Gasteiger partial charge in [0.1, 0.15) is 17.1 Å². The van der Waals surface area contributed by atoms with E-state index in [9.17, 15) is 24.8 Å². The number of hydrogen-bond donors (Lipinski definition) is 3. The van der Waals surface area contributed by atoms with Gasteiger partial charge < -0.3 is 25.0 Å². The first-order valence-corrected chi connectivity index (χ1v) is 8.46. The third kappa shape index (κ3) is 4.01. The van der Waals surface area contributed by atoms with Crippen molar-refractivity contribution in [1.29, 1.82) is 0 Å². The number of rotatable bonds is 6. The van der Waals surface area contributed by atoms with Crippen LogP contribution >= 0.6 is 0 Å². The third-order valence-corrected chi connectivity index (χ3v) is 4.11. The highest BCUT2D eigenvalue weighted by molar-refractivity contribution is 6.12. The molecule has 29 heavy (non-hydrogen) atoms. The van der Waals surface area contributed by atoms with E-state index in [0.717, 1.165) is 6.07 Å². The zero-order valence-corrected chi connectivity index (χ0v) is 15.1. The first-order valence-electron chi connectivity index (χ1n) is 8.46. The Morgan fingerprint density at radius 2 is 2.10 bits per heavy atom. The molecule has 0 aliphatic carbocycles. The molecule has 1 atom stereocenters. The van der Waals surface area contributed by atoms with Crippen molar-refractivity contribution >= 4 is 23.1 Å². The standard InChI is InChI=1S/C19H16N2O8/c1-2-28-19-14(9-20-10-3-5-12(18(24)25)15(22)7-10)17(23)13-8-11(21(26)27)4-6-16(13)29-19/h3-9,19-20,22H,2H2,1H3,(H,24,25)/b14-9-. The van der Waals surface area contributed by atoms with Crippen LogP contribution in [0.1, 0.15) is 27.6 Å². The van der Waals surface area contributed by atoms with Crippen LogP contribution in [0, 0.1) is 10.1 Å². The molecule has 0 amide bonds. The minimum atomic E-state index is -1.28. The molecule has 10 heteroatoms. The highest BCUT2D eigenvalue weighted by Crippen LogP contribution is 2.34. The summed E-state index contributed by atoms with van der Waals surface area (Å²) in [6.45, 7) is 1.96. The van der Waals surface area contributed by atoms with Crippen LogP contribution < -0.4 is 10.1 Å². The largest absolute Gasteiger partial charge is 0.507 e. The average molecular weight is 400 g/mol. The molecule has 0 radical (unpaired) electrons. The number of aromatic hydroxyl groups is 1. The molecule has 1 heterocycles. The fraction of sp³-hybridized carbons (Fsp3) is 0.158. The fourth-order valence-corrected chi connectivity index (χ4v) is 2.73. The summed E-state index contributed by atoms with van der Waals surface area (Å²) in [6.07, 6.45) is 0.250. The van der Waals surface area contributed by atoms with Crippen LogP contribution in [-0.4, -0.2) is 39.8 Å². The van der Waals surface area contributed by atoms with Gasteiger partial charge >= 0.3 is 5.97 Å². The fourth-order valence-electron chi connectivity index (χ4n) is 2.73. The Labute approximate surface area is 164 Å². The van der Waals surface area contributed by atoms with Gasteiger partial charge in [0.15, 0.2) is 0 Å². The smallest absolute Gasteiger partial charge is 0.339 e. The number of nitrogens with one attached hydrogen (secondary N) is 1. The number of carbonyl (C=O) groups is 2. The summed E-state index contributed by atoms with van der Waals surface area (Å²) in [6, 6.07) is 7.49. The van der Waals surface area contributed by atoms with Gasteiger partial charge in [-0.1, -0.05) is 0 Å². The number of Topliss-reactive ketones (excluding diaryl/α,β-unsaturated/α-hetero) is 1. The van der Waals surface area contributed by atoms with Crippen molar-refractivity contribution in [3.05, 3.63) is 69.4 Å². The summed E-state index contributed by atoms with van der Waals surface area (Å²) in [5.74, 6) is -2.08. The Hall–Kier alpha value is -3.92. The summed E-state index contributed by atoms with van der Waals surface area (Å²) in [5.41, 5.74) is -0.132. The average Bonchev–Trinajstić information content (AvgIpc) is 2.67. The Morgan fingerprint density at radius 3 is 2.72 bits per heavy atom. The van der Waals surface area contributed by atoms with E-state index in [-0.39, 0.29) is 34.7 Å². The number of anilines is 1. The molecule has 1 aliphatic rings. The second-order valence-electron chi connectivity index (χ2n) is 5.95. The highest BCUT2D eigenvalue weighted by atomic mass is 16.7. The molecule has 1 aliphatic heterocycles. The van der Waals surface area contributed by atoms with Gasteiger partial charge in [0, 0.05) is 36.7 Å². The Bertz CT molecular complexity index is 1030.